The van der Waals surface area contributed by atoms with Crippen LogP contribution >= 0.6 is 0 Å². The number of aromatic hydroxyl groups is 1. The molecule has 266 valence electrons. The van der Waals surface area contributed by atoms with E-state index in [-0.39, 0.29) is 17.4 Å². The Bertz CT molecular complexity index is 1800. The Labute approximate surface area is 292 Å². The zero-order valence-corrected chi connectivity index (χ0v) is 29.0. The first-order valence-electron chi connectivity index (χ1n) is 17.5. The van der Waals surface area contributed by atoms with Gasteiger partial charge in [-0.05, 0) is 54.8 Å². The molecule has 1 aliphatic rings. The molecule has 1 atom stereocenters. The Hall–Kier alpha value is -4.71. The first-order valence-corrected chi connectivity index (χ1v) is 17.5. The Balaban J connectivity index is 1.02. The van der Waals surface area contributed by atoms with Gasteiger partial charge in [0.05, 0.1) is 56.7 Å². The number of nitrogens with one attached hydrogen (secondary N) is 3. The molecule has 5 N–H and O–H groups in total. The largest absolute Gasteiger partial charge is 0.506 e. The van der Waals surface area contributed by atoms with Crippen LogP contribution in [0.25, 0.3) is 22.0 Å². The van der Waals surface area contributed by atoms with Crippen LogP contribution in [-0.2, 0) is 9.47 Å². The minimum atomic E-state index is -0.789. The number of rotatable bonds is 15. The number of carbonyl (C=O) groups excluding carboxylic acids is 2. The third-order valence-corrected chi connectivity index (χ3v) is 9.30. The Morgan fingerprint density at radius 2 is 1.68 bits per heavy atom. The van der Waals surface area contributed by atoms with Gasteiger partial charge in [-0.1, -0.05) is 61.7 Å². The van der Waals surface area contributed by atoms with Crippen molar-refractivity contribution in [1.29, 1.82) is 0 Å². The van der Waals surface area contributed by atoms with E-state index in [0.717, 1.165) is 80.2 Å². The van der Waals surface area contributed by atoms with Gasteiger partial charge in [0.25, 0.3) is 0 Å². The first-order chi connectivity index (χ1) is 24.1. The van der Waals surface area contributed by atoms with Gasteiger partial charge in [0.2, 0.25) is 5.56 Å². The number of aliphatic hydroxyl groups is 1. The van der Waals surface area contributed by atoms with Crippen LogP contribution in [-0.4, -0.2) is 84.7 Å². The Morgan fingerprint density at radius 1 is 0.940 bits per heavy atom. The highest BCUT2D eigenvalue weighted by Gasteiger charge is 2.28. The second kappa shape index (κ2) is 17.3. The summed E-state index contributed by atoms with van der Waals surface area (Å²) >= 11 is 0. The van der Waals surface area contributed by atoms with Crippen molar-refractivity contribution in [3.63, 3.8) is 0 Å². The number of quaternary nitrogens is 1. The molecule has 1 aliphatic heterocycles. The molecule has 5 rings (SSSR count). The third kappa shape index (κ3) is 10.2. The van der Waals surface area contributed by atoms with Gasteiger partial charge in [0, 0.05) is 36.4 Å². The van der Waals surface area contributed by atoms with Gasteiger partial charge in [0.1, 0.15) is 11.9 Å². The van der Waals surface area contributed by atoms with Crippen LogP contribution in [0.4, 0.5) is 10.5 Å². The number of hydrogen-bond donors (Lipinski definition) is 5. The van der Waals surface area contributed by atoms with Gasteiger partial charge in [-0.2, -0.15) is 0 Å². The fraction of sp³-hybridized carbons (Fsp3) is 0.410. The number of nitrogens with zero attached hydrogens (tertiary/aromatic N) is 1. The molecule has 0 saturated carbocycles. The van der Waals surface area contributed by atoms with Crippen molar-refractivity contribution in [2.45, 2.75) is 57.2 Å². The Kier molecular flexibility index (Phi) is 12.6. The summed E-state index contributed by atoms with van der Waals surface area (Å²) in [6, 6.07) is 21.0. The zero-order valence-electron chi connectivity index (χ0n) is 29.0. The second-order valence-electron chi connectivity index (χ2n) is 13.6. The zero-order chi connectivity index (χ0) is 35.5. The van der Waals surface area contributed by atoms with Crippen molar-refractivity contribution in [2.24, 2.45) is 0 Å². The summed E-state index contributed by atoms with van der Waals surface area (Å²) in [5.41, 5.74) is 3.20. The number of unbranched alkanes of at least 4 members (excludes halogenated alkanes) is 4. The van der Waals surface area contributed by atoms with E-state index in [1.165, 1.54) is 12.1 Å². The predicted octanol–water partition coefficient (Wildman–Crippen LogP) is 6.12. The highest BCUT2D eigenvalue weighted by atomic mass is 16.6. The predicted molar refractivity (Wildman–Crippen MR) is 194 cm³/mol. The topological polar surface area (TPSA) is 150 Å². The molecule has 50 heavy (non-hydrogen) atoms. The molecule has 0 aliphatic carbocycles. The number of piperidine rings is 1. The number of aliphatic hydroxyl groups excluding tert-OH is 1. The van der Waals surface area contributed by atoms with Crippen molar-refractivity contribution in [1.82, 2.24) is 10.3 Å². The molecule has 0 spiro atoms. The molecule has 1 amide bonds. The lowest BCUT2D eigenvalue weighted by Crippen LogP contribution is -2.48. The molecule has 4 aromatic rings. The fourth-order valence-corrected chi connectivity index (χ4v) is 6.32. The van der Waals surface area contributed by atoms with Gasteiger partial charge in [-0.15, -0.1) is 0 Å². The number of benzene rings is 3. The maximum atomic E-state index is 13.0. The number of phenolic OH excluding ortho intramolecular Hbond substituents is 1. The van der Waals surface area contributed by atoms with Crippen LogP contribution in [0, 0.1) is 0 Å². The Morgan fingerprint density at radius 3 is 2.46 bits per heavy atom. The summed E-state index contributed by atoms with van der Waals surface area (Å²) in [6.45, 7) is 3.28. The van der Waals surface area contributed by atoms with Gasteiger partial charge >= 0.3 is 12.1 Å². The molecule has 0 radical (unpaired) electrons. The van der Waals surface area contributed by atoms with Crippen LogP contribution in [0.3, 0.4) is 0 Å². The molecule has 1 aromatic heterocycles. The van der Waals surface area contributed by atoms with E-state index in [2.05, 4.69) is 29.7 Å². The number of fused-ring (bicyclic) bond motifs is 1. The molecule has 0 bridgehead atoms. The molecule has 11 nitrogen and oxygen atoms in total. The summed E-state index contributed by atoms with van der Waals surface area (Å²) in [5, 5.41) is 27.5. The number of hydrogen-bond acceptors (Lipinski definition) is 8. The number of H-pyrrole nitrogens is 1. The van der Waals surface area contributed by atoms with Crippen molar-refractivity contribution < 1.29 is 33.8 Å². The number of anilines is 1. The van der Waals surface area contributed by atoms with Crippen LogP contribution in [0.1, 0.15) is 67.0 Å². The number of phenols is 1. The standard InChI is InChI=1S/C39H48N4O7/c1-43(2)22-19-29(20-23-43)50-39(48)41-33-25-28(13-14-30(33)27-11-7-6-8-12-27)38(47)49-24-10-5-3-4-9-21-40-26-35(45)31-15-17-34(44)37-32(31)16-18-36(46)42-37/h6-8,11-18,25,29,35,40,45H,3-5,9-10,19-24,26H2,1-2H3,(H2-,41,42,44,46,48)/p+1/t35-/m1/s1. The van der Waals surface area contributed by atoms with Crippen LogP contribution in [0.2, 0.25) is 0 Å². The first kappa shape index (κ1) is 36.6. The SMILES string of the molecule is C[N+]1(C)CCC(OC(=O)Nc2cc(C(=O)OCCCCCCCNC[C@@H](O)c3ccc(O)c4[nH]c(=O)ccc34)ccc2-c2ccccc2)CC1. The summed E-state index contributed by atoms with van der Waals surface area (Å²) in [4.78, 5) is 40.1. The van der Waals surface area contributed by atoms with Gasteiger partial charge in [-0.3, -0.25) is 10.1 Å². The highest BCUT2D eigenvalue weighted by molar-refractivity contribution is 5.97. The quantitative estimate of drug-likeness (QED) is 0.0571. The number of likely N-dealkylation sites (tertiary alicyclic amines) is 1. The molecule has 1 saturated heterocycles. The molecule has 1 fully saturated rings. The number of aromatic nitrogens is 1. The average molecular weight is 686 g/mol. The normalized spacial score (nSPS) is 15.0. The van der Waals surface area contributed by atoms with Crippen LogP contribution in [0.5, 0.6) is 5.75 Å². The van der Waals surface area contributed by atoms with Gasteiger partial charge in [0.15, 0.2) is 0 Å². The van der Waals surface area contributed by atoms with Crippen LogP contribution in [0.15, 0.2) is 77.6 Å². The molecule has 11 heteroatoms. The number of ether oxygens (including phenoxy) is 2. The van der Waals surface area contributed by atoms with Crippen molar-refractivity contribution in [2.75, 3.05) is 52.2 Å². The maximum absolute atomic E-state index is 13.0. The molecular formula is C39H49N4O7+. The molecule has 2 heterocycles. The minimum Gasteiger partial charge on any atom is -0.506 e. The lowest BCUT2D eigenvalue weighted by molar-refractivity contribution is -0.896. The lowest BCUT2D eigenvalue weighted by Gasteiger charge is -2.36. The van der Waals surface area contributed by atoms with E-state index in [1.54, 1.807) is 24.3 Å². The van der Waals surface area contributed by atoms with E-state index >= 15 is 0 Å². The summed E-state index contributed by atoms with van der Waals surface area (Å²) in [6.07, 6.45) is 4.73. The number of esters is 1. The molecule has 0 unspecified atom stereocenters. The monoisotopic (exact) mass is 685 g/mol. The number of aromatic amines is 1. The van der Waals surface area contributed by atoms with E-state index in [0.29, 0.717) is 40.9 Å². The van der Waals surface area contributed by atoms with Crippen molar-refractivity contribution in [3.8, 4) is 16.9 Å². The van der Waals surface area contributed by atoms with Gasteiger partial charge in [-0.25, -0.2) is 9.59 Å². The van der Waals surface area contributed by atoms with Gasteiger partial charge < -0.3 is 34.5 Å². The average Bonchev–Trinajstić information content (AvgIpc) is 3.10. The van der Waals surface area contributed by atoms with E-state index in [1.807, 2.05) is 36.4 Å². The lowest BCUT2D eigenvalue weighted by atomic mass is 10.0. The summed E-state index contributed by atoms with van der Waals surface area (Å²) in [7, 11) is 4.36. The number of pyridine rings is 1. The molecular weight excluding hydrogens is 636 g/mol. The number of amides is 1. The maximum Gasteiger partial charge on any atom is 0.411 e. The van der Waals surface area contributed by atoms with Crippen molar-refractivity contribution in [3.05, 3.63) is 94.3 Å². The van der Waals surface area contributed by atoms with E-state index in [4.69, 9.17) is 9.47 Å². The third-order valence-electron chi connectivity index (χ3n) is 9.30. The number of carbonyl (C=O) groups is 2. The minimum absolute atomic E-state index is 0.0345. The fourth-order valence-electron chi connectivity index (χ4n) is 6.32. The molecule has 3 aromatic carbocycles. The summed E-state index contributed by atoms with van der Waals surface area (Å²) in [5.74, 6) is -0.475. The van der Waals surface area contributed by atoms with E-state index in [9.17, 15) is 24.6 Å². The smallest absolute Gasteiger partial charge is 0.411 e. The highest BCUT2D eigenvalue weighted by Crippen LogP contribution is 2.31. The second-order valence-corrected chi connectivity index (χ2v) is 13.6. The van der Waals surface area contributed by atoms with E-state index < -0.39 is 18.2 Å². The summed E-state index contributed by atoms with van der Waals surface area (Å²) < 4.78 is 12.2. The van der Waals surface area contributed by atoms with Crippen molar-refractivity contribution >= 4 is 28.7 Å². The van der Waals surface area contributed by atoms with Crippen LogP contribution < -0.4 is 16.2 Å².